The van der Waals surface area contributed by atoms with Gasteiger partial charge in [-0.15, -0.1) is 0 Å². The van der Waals surface area contributed by atoms with Crippen LogP contribution in [0.25, 0.3) is 0 Å². The van der Waals surface area contributed by atoms with E-state index in [4.69, 9.17) is 14.2 Å². The van der Waals surface area contributed by atoms with E-state index in [1.807, 2.05) is 0 Å². The lowest BCUT2D eigenvalue weighted by atomic mass is 10.2. The van der Waals surface area contributed by atoms with Gasteiger partial charge in [-0.05, 0) is 56.0 Å². The van der Waals surface area contributed by atoms with Gasteiger partial charge in [0, 0.05) is 43.3 Å². The number of hydrogen-bond acceptors (Lipinski definition) is 6. The highest BCUT2D eigenvalue weighted by Gasteiger charge is 2.44. The van der Waals surface area contributed by atoms with E-state index in [1.54, 1.807) is 30.3 Å². The van der Waals surface area contributed by atoms with Crippen molar-refractivity contribution >= 4 is 21.6 Å². The molecule has 5 rings (SSSR count). The molecule has 0 unspecified atom stereocenters. The summed E-state index contributed by atoms with van der Waals surface area (Å²) in [6.07, 6.45) is 5.51. The van der Waals surface area contributed by atoms with Crippen molar-refractivity contribution in [3.63, 3.8) is 0 Å². The molecule has 1 atom stereocenters. The molecule has 1 saturated carbocycles. The van der Waals surface area contributed by atoms with Crippen molar-refractivity contribution in [3.05, 3.63) is 48.0 Å². The van der Waals surface area contributed by atoms with E-state index in [2.05, 4.69) is 10.0 Å². The number of carbonyl (C=O) groups is 1. The van der Waals surface area contributed by atoms with Crippen LogP contribution < -0.4 is 19.5 Å². The van der Waals surface area contributed by atoms with E-state index in [1.165, 1.54) is 12.1 Å². The molecule has 0 radical (unpaired) electrons. The van der Waals surface area contributed by atoms with Gasteiger partial charge < -0.3 is 19.5 Å². The summed E-state index contributed by atoms with van der Waals surface area (Å²) in [6.45, 7) is 0.875. The summed E-state index contributed by atoms with van der Waals surface area (Å²) in [7, 11) is -3.74. The van der Waals surface area contributed by atoms with Crippen molar-refractivity contribution in [2.75, 3.05) is 18.5 Å². The lowest BCUT2D eigenvalue weighted by Gasteiger charge is -2.21. The van der Waals surface area contributed by atoms with Crippen LogP contribution in [0.2, 0.25) is 0 Å². The van der Waals surface area contributed by atoms with Crippen molar-refractivity contribution in [2.24, 2.45) is 0 Å². The Morgan fingerprint density at radius 1 is 1.03 bits per heavy atom. The average Bonchev–Trinajstić information content (AvgIpc) is 3.54. The van der Waals surface area contributed by atoms with Crippen molar-refractivity contribution < 1.29 is 27.4 Å². The Hall–Kier alpha value is -2.62. The van der Waals surface area contributed by atoms with Gasteiger partial charge in [0.2, 0.25) is 10.0 Å². The molecule has 8 nitrogen and oxygen atoms in total. The number of ether oxygens (including phenoxy) is 3. The molecular weight excluding hydrogens is 432 g/mol. The zero-order valence-electron chi connectivity index (χ0n) is 17.6. The smallest absolute Gasteiger partial charge is 0.255 e. The minimum atomic E-state index is -3.74. The lowest BCUT2D eigenvalue weighted by Crippen LogP contribution is -2.34. The van der Waals surface area contributed by atoms with Crippen LogP contribution in [0.4, 0.5) is 5.69 Å². The van der Waals surface area contributed by atoms with E-state index >= 15 is 0 Å². The lowest BCUT2D eigenvalue weighted by molar-refractivity contribution is -0.0716. The summed E-state index contributed by atoms with van der Waals surface area (Å²) < 4.78 is 45.4. The molecule has 1 spiro atoms. The molecule has 1 saturated heterocycles. The molecule has 2 aromatic rings. The number of fused-ring (bicyclic) bond motifs is 1. The first-order valence-corrected chi connectivity index (χ1v) is 12.5. The van der Waals surface area contributed by atoms with E-state index < -0.39 is 21.7 Å². The molecule has 1 amide bonds. The van der Waals surface area contributed by atoms with Gasteiger partial charge in [0.15, 0.2) is 11.5 Å². The van der Waals surface area contributed by atoms with E-state index in [0.717, 1.165) is 38.5 Å². The topological polar surface area (TPSA) is 103 Å². The third-order valence-corrected chi connectivity index (χ3v) is 7.51. The summed E-state index contributed by atoms with van der Waals surface area (Å²) in [5.74, 6) is 0.315. The van der Waals surface area contributed by atoms with Crippen LogP contribution in [0.1, 0.15) is 48.9 Å². The molecule has 0 aromatic heterocycles. The van der Waals surface area contributed by atoms with Crippen LogP contribution >= 0.6 is 0 Å². The summed E-state index contributed by atoms with van der Waals surface area (Å²) in [4.78, 5) is 12.8. The third kappa shape index (κ3) is 4.32. The zero-order valence-corrected chi connectivity index (χ0v) is 18.4. The SMILES string of the molecule is O=C(Nc1ccc2c(c1)OC1(CCCC1)O2)c1cccc(S(=O)(=O)NC[C@@H]2CCCO2)c1. The first-order chi connectivity index (χ1) is 15.4. The summed E-state index contributed by atoms with van der Waals surface area (Å²) in [5, 5.41) is 2.81. The largest absolute Gasteiger partial charge is 0.448 e. The van der Waals surface area contributed by atoms with E-state index in [-0.39, 0.29) is 23.1 Å². The quantitative estimate of drug-likeness (QED) is 0.688. The highest BCUT2D eigenvalue weighted by molar-refractivity contribution is 7.89. The maximum absolute atomic E-state index is 12.8. The second-order valence-corrected chi connectivity index (χ2v) is 10.2. The van der Waals surface area contributed by atoms with Crippen LogP contribution in [-0.4, -0.2) is 39.4 Å². The van der Waals surface area contributed by atoms with Gasteiger partial charge in [0.25, 0.3) is 11.7 Å². The molecule has 9 heteroatoms. The number of benzene rings is 2. The van der Waals surface area contributed by atoms with Crippen LogP contribution in [0, 0.1) is 0 Å². The highest BCUT2D eigenvalue weighted by atomic mass is 32.2. The summed E-state index contributed by atoms with van der Waals surface area (Å²) in [5.41, 5.74) is 0.798. The number of amides is 1. The first-order valence-electron chi connectivity index (χ1n) is 11.0. The molecule has 170 valence electrons. The van der Waals surface area contributed by atoms with Crippen LogP contribution in [0.15, 0.2) is 47.4 Å². The molecule has 1 aliphatic carbocycles. The Labute approximate surface area is 187 Å². The highest BCUT2D eigenvalue weighted by Crippen LogP contribution is 2.47. The second kappa shape index (κ2) is 8.38. The fourth-order valence-electron chi connectivity index (χ4n) is 4.39. The molecule has 3 aliphatic rings. The monoisotopic (exact) mass is 458 g/mol. The van der Waals surface area contributed by atoms with Crippen molar-refractivity contribution in [1.82, 2.24) is 4.72 Å². The molecule has 2 aromatic carbocycles. The van der Waals surface area contributed by atoms with E-state index in [9.17, 15) is 13.2 Å². The minimum absolute atomic E-state index is 0.0389. The normalized spacial score (nSPS) is 21.2. The Kier molecular flexibility index (Phi) is 5.56. The molecular formula is C23H26N2O6S. The Balaban J connectivity index is 1.26. The van der Waals surface area contributed by atoms with Crippen LogP contribution in [0.5, 0.6) is 11.5 Å². The second-order valence-electron chi connectivity index (χ2n) is 8.45. The molecule has 2 fully saturated rings. The van der Waals surface area contributed by atoms with Gasteiger partial charge in [-0.2, -0.15) is 0 Å². The average molecular weight is 459 g/mol. The number of rotatable bonds is 6. The van der Waals surface area contributed by atoms with Gasteiger partial charge in [0.1, 0.15) is 0 Å². The number of hydrogen-bond donors (Lipinski definition) is 2. The summed E-state index contributed by atoms with van der Waals surface area (Å²) >= 11 is 0. The third-order valence-electron chi connectivity index (χ3n) is 6.09. The minimum Gasteiger partial charge on any atom is -0.448 e. The molecule has 2 N–H and O–H groups in total. The maximum atomic E-state index is 12.8. The van der Waals surface area contributed by atoms with Crippen LogP contribution in [-0.2, 0) is 14.8 Å². The summed E-state index contributed by atoms with van der Waals surface area (Å²) in [6, 6.07) is 11.2. The van der Waals surface area contributed by atoms with E-state index in [0.29, 0.717) is 23.8 Å². The standard InChI is InChI=1S/C23H26N2O6S/c26-22(25-17-8-9-20-21(14-17)31-23(30-20)10-1-2-11-23)16-5-3-7-19(13-16)32(27,28)24-15-18-6-4-12-29-18/h3,5,7-9,13-14,18,24H,1-2,4,6,10-12,15H2,(H,25,26)/t18-/m0/s1. The van der Waals surface area contributed by atoms with Gasteiger partial charge >= 0.3 is 0 Å². The van der Waals surface area contributed by atoms with Crippen molar-refractivity contribution in [1.29, 1.82) is 0 Å². The molecule has 2 aliphatic heterocycles. The predicted octanol–water partition coefficient (Wildman–Crippen LogP) is 3.44. The predicted molar refractivity (Wildman–Crippen MR) is 117 cm³/mol. The fourth-order valence-corrected chi connectivity index (χ4v) is 5.50. The van der Waals surface area contributed by atoms with Crippen molar-refractivity contribution in [3.8, 4) is 11.5 Å². The van der Waals surface area contributed by atoms with Gasteiger partial charge in [-0.1, -0.05) is 6.07 Å². The zero-order chi connectivity index (χ0) is 22.2. The Morgan fingerprint density at radius 2 is 1.84 bits per heavy atom. The number of nitrogens with one attached hydrogen (secondary N) is 2. The molecule has 32 heavy (non-hydrogen) atoms. The first kappa shape index (κ1) is 21.2. The van der Waals surface area contributed by atoms with Gasteiger partial charge in [0.05, 0.1) is 11.0 Å². The maximum Gasteiger partial charge on any atom is 0.255 e. The number of carbonyl (C=O) groups excluding carboxylic acids is 1. The Bertz CT molecular complexity index is 1120. The van der Waals surface area contributed by atoms with Crippen molar-refractivity contribution in [2.45, 2.75) is 55.3 Å². The van der Waals surface area contributed by atoms with Crippen LogP contribution in [0.3, 0.4) is 0 Å². The fraction of sp³-hybridized carbons (Fsp3) is 0.435. The Morgan fingerprint density at radius 3 is 2.62 bits per heavy atom. The van der Waals surface area contributed by atoms with Gasteiger partial charge in [-0.25, -0.2) is 13.1 Å². The van der Waals surface area contributed by atoms with Gasteiger partial charge in [-0.3, -0.25) is 4.79 Å². The number of anilines is 1. The number of sulfonamides is 1. The molecule has 2 heterocycles. The molecule has 0 bridgehead atoms.